The maximum atomic E-state index is 12.1. The minimum Gasteiger partial charge on any atom is -0.355 e. The summed E-state index contributed by atoms with van der Waals surface area (Å²) in [4.78, 5) is 25.8. The number of hydrogen-bond acceptors (Lipinski definition) is 3. The van der Waals surface area contributed by atoms with Gasteiger partial charge < -0.3 is 10.6 Å². The van der Waals surface area contributed by atoms with Crippen molar-refractivity contribution in [3.05, 3.63) is 65.7 Å². The van der Waals surface area contributed by atoms with Crippen LogP contribution in [0.1, 0.15) is 30.5 Å². The van der Waals surface area contributed by atoms with Gasteiger partial charge in [-0.15, -0.1) is 0 Å². The maximum Gasteiger partial charge on any atom is 0.221 e. The minimum atomic E-state index is -0.0835. The van der Waals surface area contributed by atoms with Crippen molar-refractivity contribution >= 4 is 17.5 Å². The Morgan fingerprint density at radius 1 is 1.16 bits per heavy atom. The molecule has 5 nitrogen and oxygen atoms in total. The summed E-state index contributed by atoms with van der Waals surface area (Å²) in [6.45, 7) is 3.58. The third kappa shape index (κ3) is 4.45. The lowest BCUT2D eigenvalue weighted by Gasteiger charge is -2.30. The van der Waals surface area contributed by atoms with E-state index >= 15 is 0 Å². The smallest absolute Gasteiger partial charge is 0.221 e. The number of nitrogens with zero attached hydrogens (tertiary/aromatic N) is 1. The standard InChI is InChI=1S/C20H23N3O2/c1-15(24)22-18-10-6-5-9-17(18)14-23-12-11-21-20(25)13-19(23)16-7-3-2-4-8-16/h2-10,19H,11-14H2,1H3,(H,21,25)(H,22,24)/t19-/m1/s1. The number of nitrogens with one attached hydrogen (secondary N) is 2. The third-order valence-electron chi connectivity index (χ3n) is 4.43. The summed E-state index contributed by atoms with van der Waals surface area (Å²) in [5.41, 5.74) is 3.01. The first kappa shape index (κ1) is 17.2. The predicted octanol–water partition coefficient (Wildman–Crippen LogP) is 2.71. The lowest BCUT2D eigenvalue weighted by atomic mass is 10.0. The van der Waals surface area contributed by atoms with Gasteiger partial charge in [0.25, 0.3) is 0 Å². The molecule has 1 fully saturated rings. The van der Waals surface area contributed by atoms with Crippen LogP contribution in [-0.4, -0.2) is 29.8 Å². The highest BCUT2D eigenvalue weighted by Crippen LogP contribution is 2.29. The van der Waals surface area contributed by atoms with E-state index in [9.17, 15) is 9.59 Å². The zero-order valence-electron chi connectivity index (χ0n) is 14.4. The third-order valence-corrected chi connectivity index (χ3v) is 4.43. The largest absolute Gasteiger partial charge is 0.355 e. The van der Waals surface area contributed by atoms with Gasteiger partial charge in [0.05, 0.1) is 0 Å². The number of amides is 2. The van der Waals surface area contributed by atoms with Crippen LogP contribution in [0.4, 0.5) is 5.69 Å². The van der Waals surface area contributed by atoms with Crippen molar-refractivity contribution in [2.45, 2.75) is 25.9 Å². The molecule has 0 saturated carbocycles. The van der Waals surface area contributed by atoms with Gasteiger partial charge in [-0.2, -0.15) is 0 Å². The number of hydrogen-bond donors (Lipinski definition) is 2. The SMILES string of the molecule is CC(=O)Nc1ccccc1CN1CCNC(=O)C[C@@H]1c1ccccc1. The highest BCUT2D eigenvalue weighted by Gasteiger charge is 2.26. The van der Waals surface area contributed by atoms with E-state index in [2.05, 4.69) is 27.7 Å². The first-order valence-electron chi connectivity index (χ1n) is 8.54. The topological polar surface area (TPSA) is 61.4 Å². The number of carbonyl (C=O) groups is 2. The number of benzene rings is 2. The maximum absolute atomic E-state index is 12.1. The van der Waals surface area contributed by atoms with Gasteiger partial charge in [-0.25, -0.2) is 0 Å². The molecule has 1 aliphatic rings. The van der Waals surface area contributed by atoms with Crippen molar-refractivity contribution in [2.75, 3.05) is 18.4 Å². The fourth-order valence-corrected chi connectivity index (χ4v) is 3.25. The van der Waals surface area contributed by atoms with Gasteiger partial charge in [-0.3, -0.25) is 14.5 Å². The highest BCUT2D eigenvalue weighted by molar-refractivity contribution is 5.89. The van der Waals surface area contributed by atoms with Crippen LogP contribution in [-0.2, 0) is 16.1 Å². The van der Waals surface area contributed by atoms with Gasteiger partial charge in [0.2, 0.25) is 11.8 Å². The molecule has 2 aromatic rings. The molecule has 3 rings (SSSR count). The molecule has 0 unspecified atom stereocenters. The van der Waals surface area contributed by atoms with Crippen LogP contribution in [0.3, 0.4) is 0 Å². The van der Waals surface area contributed by atoms with Crippen LogP contribution in [0, 0.1) is 0 Å². The molecular weight excluding hydrogens is 314 g/mol. The average molecular weight is 337 g/mol. The molecule has 5 heteroatoms. The Morgan fingerprint density at radius 2 is 1.88 bits per heavy atom. The van der Waals surface area contributed by atoms with Gasteiger partial charge in [-0.05, 0) is 17.2 Å². The lowest BCUT2D eigenvalue weighted by molar-refractivity contribution is -0.121. The predicted molar refractivity (Wildman–Crippen MR) is 98.0 cm³/mol. The fraction of sp³-hybridized carbons (Fsp3) is 0.300. The summed E-state index contributed by atoms with van der Waals surface area (Å²) < 4.78 is 0. The van der Waals surface area contributed by atoms with Crippen LogP contribution in [0.25, 0.3) is 0 Å². The van der Waals surface area contributed by atoms with Crippen LogP contribution in [0.2, 0.25) is 0 Å². The highest BCUT2D eigenvalue weighted by atomic mass is 16.2. The summed E-state index contributed by atoms with van der Waals surface area (Å²) in [5.74, 6) is -0.00808. The minimum absolute atomic E-state index is 0.0223. The molecule has 0 aromatic heterocycles. The van der Waals surface area contributed by atoms with Crippen molar-refractivity contribution < 1.29 is 9.59 Å². The zero-order valence-corrected chi connectivity index (χ0v) is 14.4. The van der Waals surface area contributed by atoms with Gasteiger partial charge in [0.15, 0.2) is 0 Å². The van der Waals surface area contributed by atoms with E-state index in [0.29, 0.717) is 19.5 Å². The molecule has 1 saturated heterocycles. The second kappa shape index (κ2) is 7.94. The summed E-state index contributed by atoms with van der Waals surface area (Å²) in [7, 11) is 0. The normalized spacial score (nSPS) is 18.3. The number of carbonyl (C=O) groups excluding carboxylic acids is 2. The van der Waals surface area contributed by atoms with Gasteiger partial charge in [0.1, 0.15) is 0 Å². The van der Waals surface area contributed by atoms with E-state index in [1.54, 1.807) is 0 Å². The van der Waals surface area contributed by atoms with Crippen molar-refractivity contribution in [3.8, 4) is 0 Å². The number of rotatable bonds is 4. The van der Waals surface area contributed by atoms with Crippen molar-refractivity contribution in [3.63, 3.8) is 0 Å². The number of para-hydroxylation sites is 1. The fourth-order valence-electron chi connectivity index (χ4n) is 3.25. The van der Waals surface area contributed by atoms with Gasteiger partial charge in [-0.1, -0.05) is 48.5 Å². The van der Waals surface area contributed by atoms with Crippen molar-refractivity contribution in [2.24, 2.45) is 0 Å². The molecule has 130 valence electrons. The first-order valence-corrected chi connectivity index (χ1v) is 8.54. The molecule has 0 aliphatic carbocycles. The monoisotopic (exact) mass is 337 g/mol. The molecule has 2 N–H and O–H groups in total. The van der Waals surface area contributed by atoms with E-state index in [1.807, 2.05) is 42.5 Å². The summed E-state index contributed by atoms with van der Waals surface area (Å²) in [6, 6.07) is 18.0. The molecule has 2 aromatic carbocycles. The summed E-state index contributed by atoms with van der Waals surface area (Å²) in [5, 5.41) is 5.85. The van der Waals surface area contributed by atoms with Crippen LogP contribution >= 0.6 is 0 Å². The quantitative estimate of drug-likeness (QED) is 0.902. The van der Waals surface area contributed by atoms with Crippen molar-refractivity contribution in [1.82, 2.24) is 10.2 Å². The zero-order chi connectivity index (χ0) is 17.6. The Bertz CT molecular complexity index is 746. The van der Waals surface area contributed by atoms with Crippen LogP contribution in [0.5, 0.6) is 0 Å². The molecule has 1 heterocycles. The van der Waals surface area contributed by atoms with E-state index in [1.165, 1.54) is 6.92 Å². The van der Waals surface area contributed by atoms with E-state index in [-0.39, 0.29) is 17.9 Å². The second-order valence-corrected chi connectivity index (χ2v) is 6.29. The molecule has 25 heavy (non-hydrogen) atoms. The average Bonchev–Trinajstić information content (AvgIpc) is 2.78. The van der Waals surface area contributed by atoms with Gasteiger partial charge >= 0.3 is 0 Å². The summed E-state index contributed by atoms with van der Waals surface area (Å²) in [6.07, 6.45) is 0.437. The Kier molecular flexibility index (Phi) is 5.46. The Labute approximate surface area is 148 Å². The molecule has 0 spiro atoms. The number of anilines is 1. The van der Waals surface area contributed by atoms with E-state index in [4.69, 9.17) is 0 Å². The van der Waals surface area contributed by atoms with Gasteiger partial charge in [0, 0.05) is 44.7 Å². The van der Waals surface area contributed by atoms with Crippen LogP contribution < -0.4 is 10.6 Å². The second-order valence-electron chi connectivity index (χ2n) is 6.29. The lowest BCUT2D eigenvalue weighted by Crippen LogP contribution is -2.31. The van der Waals surface area contributed by atoms with E-state index in [0.717, 1.165) is 23.4 Å². The Hall–Kier alpha value is -2.66. The van der Waals surface area contributed by atoms with Crippen molar-refractivity contribution in [1.29, 1.82) is 0 Å². The molecular formula is C20H23N3O2. The summed E-state index contributed by atoms with van der Waals surface area (Å²) >= 11 is 0. The first-order chi connectivity index (χ1) is 12.1. The Morgan fingerprint density at radius 3 is 2.64 bits per heavy atom. The Balaban J connectivity index is 1.88. The molecule has 0 radical (unpaired) electrons. The molecule has 0 bridgehead atoms. The molecule has 2 amide bonds. The molecule has 1 atom stereocenters. The van der Waals surface area contributed by atoms with Crippen LogP contribution in [0.15, 0.2) is 54.6 Å². The van der Waals surface area contributed by atoms with E-state index < -0.39 is 0 Å². The molecule has 1 aliphatic heterocycles.